The van der Waals surface area contributed by atoms with E-state index in [1.807, 2.05) is 6.07 Å². The van der Waals surface area contributed by atoms with E-state index >= 15 is 0 Å². The lowest BCUT2D eigenvalue weighted by atomic mass is 9.96. The summed E-state index contributed by atoms with van der Waals surface area (Å²) in [6.45, 7) is 3.31. The first-order valence-corrected chi connectivity index (χ1v) is 8.45. The Hall–Kier alpha value is -0.610. The molecule has 0 aliphatic carbocycles. The van der Waals surface area contributed by atoms with E-state index in [2.05, 4.69) is 33.1 Å². The van der Waals surface area contributed by atoms with Gasteiger partial charge in [-0.05, 0) is 72.8 Å². The van der Waals surface area contributed by atoms with Gasteiger partial charge in [-0.2, -0.15) is 0 Å². The summed E-state index contributed by atoms with van der Waals surface area (Å²) in [4.78, 5) is 2.46. The number of piperidine rings is 1. The summed E-state index contributed by atoms with van der Waals surface area (Å²) >= 11 is 3.58. The van der Waals surface area contributed by atoms with E-state index in [1.54, 1.807) is 6.07 Å². The minimum Gasteiger partial charge on any atom is -0.364 e. The van der Waals surface area contributed by atoms with Crippen molar-refractivity contribution in [1.29, 1.82) is 0 Å². The van der Waals surface area contributed by atoms with Crippen molar-refractivity contribution >= 4 is 21.6 Å². The summed E-state index contributed by atoms with van der Waals surface area (Å²) < 4.78 is 14.6. The number of fused-ring (bicyclic) bond motifs is 2. The molecule has 1 aromatic carbocycles. The minimum atomic E-state index is -0.145. The van der Waals surface area contributed by atoms with Crippen molar-refractivity contribution in [2.75, 3.05) is 11.4 Å². The minimum absolute atomic E-state index is 0.145. The molecule has 0 saturated carbocycles. The van der Waals surface area contributed by atoms with Crippen molar-refractivity contribution < 1.29 is 4.39 Å². The van der Waals surface area contributed by atoms with Gasteiger partial charge >= 0.3 is 0 Å². The van der Waals surface area contributed by atoms with Crippen LogP contribution in [0.25, 0.3) is 0 Å². The zero-order valence-electron chi connectivity index (χ0n) is 11.9. The Bertz CT molecular complexity index is 466. The van der Waals surface area contributed by atoms with Crippen LogP contribution in [0.4, 0.5) is 10.1 Å². The molecule has 20 heavy (non-hydrogen) atoms. The molecule has 1 aromatic rings. The number of halogens is 2. The maximum atomic E-state index is 13.6. The molecular weight excluding hydrogens is 319 g/mol. The number of hydrogen-bond acceptors (Lipinski definition) is 2. The van der Waals surface area contributed by atoms with E-state index < -0.39 is 0 Å². The second kappa shape index (κ2) is 6.02. The fourth-order valence-corrected chi connectivity index (χ4v) is 4.22. The predicted octanol–water partition coefficient (Wildman–Crippen LogP) is 4.09. The highest BCUT2D eigenvalue weighted by Crippen LogP contribution is 2.42. The fourth-order valence-electron chi connectivity index (χ4n) is 3.77. The van der Waals surface area contributed by atoms with E-state index in [4.69, 9.17) is 0 Å². The van der Waals surface area contributed by atoms with E-state index in [0.29, 0.717) is 18.1 Å². The molecule has 2 bridgehead atoms. The molecule has 0 amide bonds. The summed E-state index contributed by atoms with van der Waals surface area (Å²) in [5.41, 5.74) is 1.03. The molecule has 2 fully saturated rings. The Balaban J connectivity index is 1.78. The van der Waals surface area contributed by atoms with Crippen molar-refractivity contribution in [2.24, 2.45) is 0 Å². The molecule has 2 atom stereocenters. The molecule has 0 aromatic heterocycles. The third-order valence-electron chi connectivity index (χ3n) is 4.60. The lowest BCUT2D eigenvalue weighted by Crippen LogP contribution is -2.49. The van der Waals surface area contributed by atoms with Gasteiger partial charge in [-0.15, -0.1) is 0 Å². The van der Waals surface area contributed by atoms with Crippen molar-refractivity contribution in [3.8, 4) is 0 Å². The van der Waals surface area contributed by atoms with Crippen molar-refractivity contribution in [3.63, 3.8) is 0 Å². The highest BCUT2D eigenvalue weighted by atomic mass is 79.9. The van der Waals surface area contributed by atoms with Gasteiger partial charge in [-0.25, -0.2) is 4.39 Å². The molecular formula is C16H22BrFN2. The Morgan fingerprint density at radius 2 is 2.00 bits per heavy atom. The maximum absolute atomic E-state index is 13.6. The summed E-state index contributed by atoms with van der Waals surface area (Å²) in [6.07, 6.45) is 6.01. The van der Waals surface area contributed by atoms with Crippen LogP contribution >= 0.6 is 15.9 Å². The number of nitrogens with zero attached hydrogens (tertiary/aromatic N) is 1. The fraction of sp³-hybridized carbons (Fsp3) is 0.625. The van der Waals surface area contributed by atoms with Gasteiger partial charge < -0.3 is 10.2 Å². The molecule has 2 unspecified atom stereocenters. The quantitative estimate of drug-likeness (QED) is 0.888. The Kier molecular flexibility index (Phi) is 4.32. The van der Waals surface area contributed by atoms with Crippen LogP contribution in [-0.4, -0.2) is 24.7 Å². The average molecular weight is 341 g/mol. The van der Waals surface area contributed by atoms with Crippen LogP contribution in [0.15, 0.2) is 22.7 Å². The highest BCUT2D eigenvalue weighted by molar-refractivity contribution is 9.10. The molecule has 2 heterocycles. The van der Waals surface area contributed by atoms with Crippen molar-refractivity contribution in [3.05, 3.63) is 28.5 Å². The molecule has 1 N–H and O–H groups in total. The second-order valence-electron chi connectivity index (χ2n) is 6.01. The predicted molar refractivity (Wildman–Crippen MR) is 84.7 cm³/mol. The van der Waals surface area contributed by atoms with E-state index in [0.717, 1.165) is 16.7 Å². The van der Waals surface area contributed by atoms with Gasteiger partial charge in [0.15, 0.2) is 0 Å². The van der Waals surface area contributed by atoms with Gasteiger partial charge in [0.05, 0.1) is 5.69 Å². The molecule has 3 rings (SSSR count). The molecule has 0 spiro atoms. The number of rotatable bonds is 4. The van der Waals surface area contributed by atoms with Crippen LogP contribution < -0.4 is 10.2 Å². The first-order chi connectivity index (χ1) is 9.69. The summed E-state index contributed by atoms with van der Waals surface area (Å²) in [7, 11) is 0. The summed E-state index contributed by atoms with van der Waals surface area (Å²) in [5.74, 6) is -0.145. The summed E-state index contributed by atoms with van der Waals surface area (Å²) in [5, 5.41) is 3.66. The van der Waals surface area contributed by atoms with Crippen LogP contribution in [0.5, 0.6) is 0 Å². The SMILES string of the molecule is CCCNC1CC2CCC(C1)N2c1cc(F)ccc1Br. The van der Waals surface area contributed by atoms with Gasteiger partial charge in [0.1, 0.15) is 5.82 Å². The molecule has 2 saturated heterocycles. The maximum Gasteiger partial charge on any atom is 0.125 e. The van der Waals surface area contributed by atoms with Crippen molar-refractivity contribution in [1.82, 2.24) is 5.32 Å². The first-order valence-electron chi connectivity index (χ1n) is 7.65. The monoisotopic (exact) mass is 340 g/mol. The van der Waals surface area contributed by atoms with E-state index in [1.165, 1.54) is 38.2 Å². The van der Waals surface area contributed by atoms with Crippen molar-refractivity contribution in [2.45, 2.75) is 57.2 Å². The third kappa shape index (κ3) is 2.73. The highest BCUT2D eigenvalue weighted by Gasteiger charge is 2.41. The Morgan fingerprint density at radius 3 is 2.65 bits per heavy atom. The van der Waals surface area contributed by atoms with Crippen LogP contribution in [-0.2, 0) is 0 Å². The smallest absolute Gasteiger partial charge is 0.125 e. The zero-order valence-corrected chi connectivity index (χ0v) is 13.5. The average Bonchev–Trinajstić information content (AvgIpc) is 2.70. The van der Waals surface area contributed by atoms with Gasteiger partial charge in [0, 0.05) is 22.6 Å². The largest absolute Gasteiger partial charge is 0.364 e. The van der Waals surface area contributed by atoms with Crippen LogP contribution in [0.2, 0.25) is 0 Å². The molecule has 0 radical (unpaired) electrons. The molecule has 4 heteroatoms. The molecule has 2 nitrogen and oxygen atoms in total. The Labute approximate surface area is 128 Å². The standard InChI is InChI=1S/C16H22BrFN2/c1-2-7-19-12-9-13-4-5-14(10-12)20(13)16-8-11(18)3-6-15(16)17/h3,6,8,12-14,19H,2,4-5,7,9-10H2,1H3. The number of benzene rings is 1. The lowest BCUT2D eigenvalue weighted by molar-refractivity contribution is 0.356. The molecule has 2 aliphatic rings. The second-order valence-corrected chi connectivity index (χ2v) is 6.86. The van der Waals surface area contributed by atoms with Gasteiger partial charge in [0.25, 0.3) is 0 Å². The van der Waals surface area contributed by atoms with Crippen LogP contribution in [0, 0.1) is 5.82 Å². The number of anilines is 1. The van der Waals surface area contributed by atoms with Gasteiger partial charge in [-0.3, -0.25) is 0 Å². The van der Waals surface area contributed by atoms with Gasteiger partial charge in [0.2, 0.25) is 0 Å². The van der Waals surface area contributed by atoms with E-state index in [-0.39, 0.29) is 5.82 Å². The number of nitrogens with one attached hydrogen (secondary N) is 1. The van der Waals surface area contributed by atoms with Crippen LogP contribution in [0.1, 0.15) is 39.0 Å². The molecule has 2 aliphatic heterocycles. The van der Waals surface area contributed by atoms with E-state index in [9.17, 15) is 4.39 Å². The first kappa shape index (κ1) is 14.3. The van der Waals surface area contributed by atoms with Gasteiger partial charge in [-0.1, -0.05) is 6.92 Å². The normalized spacial score (nSPS) is 28.9. The van der Waals surface area contributed by atoms with Crippen LogP contribution in [0.3, 0.4) is 0 Å². The molecule has 110 valence electrons. The summed E-state index contributed by atoms with van der Waals surface area (Å²) in [6, 6.07) is 6.77. The lowest BCUT2D eigenvalue weighted by Gasteiger charge is -2.41. The number of hydrogen-bond donors (Lipinski definition) is 1. The Morgan fingerprint density at radius 1 is 1.30 bits per heavy atom. The third-order valence-corrected chi connectivity index (χ3v) is 5.27. The topological polar surface area (TPSA) is 15.3 Å². The zero-order chi connectivity index (χ0) is 14.1.